The minimum atomic E-state index is -0.596. The molecule has 7 heteroatoms. The fraction of sp³-hybridized carbons (Fsp3) is 0.318. The van der Waals surface area contributed by atoms with Crippen molar-refractivity contribution in [2.24, 2.45) is 0 Å². The van der Waals surface area contributed by atoms with E-state index in [2.05, 4.69) is 12.2 Å². The largest absolute Gasteiger partial charge is 0.493 e. The molecule has 0 saturated carbocycles. The molecule has 152 valence electrons. The number of hydrogen-bond acceptors (Lipinski definition) is 6. The van der Waals surface area contributed by atoms with Crippen molar-refractivity contribution in [2.45, 2.75) is 33.1 Å². The number of carbonyl (C=O) groups excluding carboxylic acids is 2. The average Bonchev–Trinajstić information content (AvgIpc) is 3.18. The topological polar surface area (TPSA) is 88.4 Å². The maximum Gasteiger partial charge on any atom is 0.341 e. The number of unbranched alkanes of at least 4 members (excludes halogenated alkanes) is 2. The van der Waals surface area contributed by atoms with Crippen LogP contribution in [0.1, 0.15) is 49.0 Å². The Balaban J connectivity index is 2.17. The van der Waals surface area contributed by atoms with Gasteiger partial charge >= 0.3 is 5.97 Å². The van der Waals surface area contributed by atoms with Gasteiger partial charge in [-0.25, -0.2) is 4.79 Å². The number of rotatable bonds is 10. The van der Waals surface area contributed by atoms with Crippen molar-refractivity contribution in [1.29, 1.82) is 5.26 Å². The number of benzene rings is 1. The Hall–Kier alpha value is -3.11. The first-order valence-electron chi connectivity index (χ1n) is 9.50. The zero-order chi connectivity index (χ0) is 21.1. The molecule has 0 bridgehead atoms. The number of nitrogens with one attached hydrogen (secondary N) is 1. The van der Waals surface area contributed by atoms with E-state index >= 15 is 0 Å². The van der Waals surface area contributed by atoms with Crippen LogP contribution < -0.4 is 10.1 Å². The average molecular weight is 413 g/mol. The Morgan fingerprint density at radius 1 is 1.21 bits per heavy atom. The van der Waals surface area contributed by atoms with Crippen LogP contribution in [0.2, 0.25) is 0 Å². The van der Waals surface area contributed by atoms with Crippen LogP contribution in [0.4, 0.5) is 5.00 Å². The Bertz CT molecular complexity index is 912. The Labute approximate surface area is 174 Å². The van der Waals surface area contributed by atoms with E-state index in [-0.39, 0.29) is 17.7 Å². The molecule has 1 aromatic heterocycles. The molecule has 0 spiro atoms. The highest BCUT2D eigenvalue weighted by Crippen LogP contribution is 2.26. The molecule has 2 rings (SSSR count). The van der Waals surface area contributed by atoms with Gasteiger partial charge in [0.15, 0.2) is 0 Å². The lowest BCUT2D eigenvalue weighted by molar-refractivity contribution is -0.112. The van der Waals surface area contributed by atoms with Crippen molar-refractivity contribution < 1.29 is 19.1 Å². The number of anilines is 1. The van der Waals surface area contributed by atoms with Crippen LogP contribution in [-0.2, 0) is 9.53 Å². The first-order valence-corrected chi connectivity index (χ1v) is 10.4. The highest BCUT2D eigenvalue weighted by Gasteiger charge is 2.18. The van der Waals surface area contributed by atoms with Gasteiger partial charge < -0.3 is 14.8 Å². The lowest BCUT2D eigenvalue weighted by atomic mass is 10.1. The number of para-hydroxylation sites is 1. The standard InChI is InChI=1S/C22H24N2O4S/c1-3-5-8-12-28-19-10-7-6-9-16(19)14-17(15-23)20(25)24-21-18(11-13-29-21)22(26)27-4-2/h6-7,9-11,13-14H,3-5,8,12H2,1-2H3,(H,24,25). The summed E-state index contributed by atoms with van der Waals surface area (Å²) < 4.78 is 10.8. The molecule has 0 aliphatic rings. The lowest BCUT2D eigenvalue weighted by Crippen LogP contribution is -2.15. The van der Waals surface area contributed by atoms with Crippen LogP contribution in [0.3, 0.4) is 0 Å². The molecule has 29 heavy (non-hydrogen) atoms. The second-order valence-electron chi connectivity index (χ2n) is 6.10. The normalized spacial score (nSPS) is 10.9. The maximum atomic E-state index is 12.6. The van der Waals surface area contributed by atoms with Crippen molar-refractivity contribution in [3.63, 3.8) is 0 Å². The molecular formula is C22H24N2O4S. The number of esters is 1. The molecule has 0 radical (unpaired) electrons. The lowest BCUT2D eigenvalue weighted by Gasteiger charge is -2.09. The van der Waals surface area contributed by atoms with E-state index in [0.29, 0.717) is 22.9 Å². The highest BCUT2D eigenvalue weighted by molar-refractivity contribution is 7.14. The number of nitrogens with zero attached hydrogens (tertiary/aromatic N) is 1. The van der Waals surface area contributed by atoms with Crippen LogP contribution >= 0.6 is 11.3 Å². The molecule has 1 amide bonds. The summed E-state index contributed by atoms with van der Waals surface area (Å²) in [4.78, 5) is 24.6. The zero-order valence-corrected chi connectivity index (χ0v) is 17.4. The summed E-state index contributed by atoms with van der Waals surface area (Å²) in [5.74, 6) is -0.494. The molecule has 1 heterocycles. The molecule has 0 unspecified atom stereocenters. The van der Waals surface area contributed by atoms with E-state index in [1.807, 2.05) is 24.3 Å². The van der Waals surface area contributed by atoms with Crippen LogP contribution in [0, 0.1) is 11.3 Å². The summed E-state index contributed by atoms with van der Waals surface area (Å²) in [5.41, 5.74) is 0.826. The number of ether oxygens (including phenoxy) is 2. The third-order valence-corrected chi connectivity index (χ3v) is 4.81. The minimum Gasteiger partial charge on any atom is -0.493 e. The molecule has 0 aliphatic carbocycles. The first-order chi connectivity index (χ1) is 14.1. The van der Waals surface area contributed by atoms with E-state index in [4.69, 9.17) is 9.47 Å². The molecular weight excluding hydrogens is 388 g/mol. The van der Waals surface area contributed by atoms with Gasteiger partial charge in [-0.2, -0.15) is 5.26 Å². The second kappa shape index (κ2) is 11.7. The summed E-state index contributed by atoms with van der Waals surface area (Å²) in [7, 11) is 0. The van der Waals surface area contributed by atoms with E-state index in [1.54, 1.807) is 24.4 Å². The molecule has 0 saturated heterocycles. The first kappa shape index (κ1) is 22.2. The molecule has 1 N–H and O–H groups in total. The van der Waals surface area contributed by atoms with E-state index in [9.17, 15) is 14.9 Å². The zero-order valence-electron chi connectivity index (χ0n) is 16.6. The predicted molar refractivity (Wildman–Crippen MR) is 114 cm³/mol. The van der Waals surface area contributed by atoms with E-state index < -0.39 is 11.9 Å². The van der Waals surface area contributed by atoms with Crippen molar-refractivity contribution in [3.05, 3.63) is 52.4 Å². The van der Waals surface area contributed by atoms with Crippen molar-refractivity contribution in [2.75, 3.05) is 18.5 Å². The van der Waals surface area contributed by atoms with Gasteiger partial charge in [0.25, 0.3) is 5.91 Å². The van der Waals surface area contributed by atoms with Gasteiger partial charge in [0.1, 0.15) is 22.4 Å². The second-order valence-corrected chi connectivity index (χ2v) is 7.02. The summed E-state index contributed by atoms with van der Waals surface area (Å²) in [6, 6.07) is 10.8. The van der Waals surface area contributed by atoms with E-state index in [1.165, 1.54) is 17.4 Å². The molecule has 0 fully saturated rings. The van der Waals surface area contributed by atoms with Gasteiger partial charge in [-0.15, -0.1) is 11.3 Å². The van der Waals surface area contributed by atoms with Crippen LogP contribution in [0.5, 0.6) is 5.75 Å². The summed E-state index contributed by atoms with van der Waals surface area (Å²) in [5, 5.41) is 14.1. The van der Waals surface area contributed by atoms with E-state index in [0.717, 1.165) is 19.3 Å². The molecule has 0 aliphatic heterocycles. The number of hydrogen-bond donors (Lipinski definition) is 1. The van der Waals surface area contributed by atoms with Crippen LogP contribution in [0.25, 0.3) is 6.08 Å². The number of nitriles is 1. The van der Waals surface area contributed by atoms with Crippen LogP contribution in [0.15, 0.2) is 41.3 Å². The van der Waals surface area contributed by atoms with Gasteiger partial charge in [-0.3, -0.25) is 4.79 Å². The maximum absolute atomic E-state index is 12.6. The Morgan fingerprint density at radius 2 is 2.00 bits per heavy atom. The number of carbonyl (C=O) groups is 2. The summed E-state index contributed by atoms with van der Waals surface area (Å²) >= 11 is 1.19. The third kappa shape index (κ3) is 6.47. The number of amides is 1. The Kier molecular flexibility index (Phi) is 8.93. The smallest absolute Gasteiger partial charge is 0.341 e. The van der Waals surface area contributed by atoms with Gasteiger partial charge in [0, 0.05) is 5.56 Å². The fourth-order valence-corrected chi connectivity index (χ4v) is 3.29. The van der Waals surface area contributed by atoms with Crippen molar-refractivity contribution in [1.82, 2.24) is 0 Å². The van der Waals surface area contributed by atoms with Gasteiger partial charge in [0.2, 0.25) is 0 Å². The van der Waals surface area contributed by atoms with Crippen molar-refractivity contribution >= 4 is 34.3 Å². The highest BCUT2D eigenvalue weighted by atomic mass is 32.1. The van der Waals surface area contributed by atoms with Crippen LogP contribution in [-0.4, -0.2) is 25.1 Å². The SMILES string of the molecule is CCCCCOc1ccccc1C=C(C#N)C(=O)Nc1sccc1C(=O)OCC. The number of thiophene rings is 1. The third-order valence-electron chi connectivity index (χ3n) is 3.98. The Morgan fingerprint density at radius 3 is 2.72 bits per heavy atom. The van der Waals surface area contributed by atoms with Gasteiger partial charge in [-0.05, 0) is 36.9 Å². The van der Waals surface area contributed by atoms with Crippen molar-refractivity contribution in [3.8, 4) is 11.8 Å². The van der Waals surface area contributed by atoms with Gasteiger partial charge in [-0.1, -0.05) is 38.0 Å². The molecule has 6 nitrogen and oxygen atoms in total. The summed E-state index contributed by atoms with van der Waals surface area (Å²) in [6.07, 6.45) is 4.60. The predicted octanol–water partition coefficient (Wildman–Crippen LogP) is 5.04. The molecule has 0 atom stereocenters. The fourth-order valence-electron chi connectivity index (χ4n) is 2.52. The monoisotopic (exact) mass is 412 g/mol. The van der Waals surface area contributed by atoms with Gasteiger partial charge in [0.05, 0.1) is 18.8 Å². The molecule has 1 aromatic carbocycles. The minimum absolute atomic E-state index is 0.0854. The quantitative estimate of drug-likeness (QED) is 0.256. The molecule has 2 aromatic rings. The summed E-state index contributed by atoms with van der Waals surface area (Å²) in [6.45, 7) is 4.64.